The van der Waals surface area contributed by atoms with Crippen LogP contribution >= 0.6 is 0 Å². The minimum atomic E-state index is 0.179. The van der Waals surface area contributed by atoms with Gasteiger partial charge in [0, 0.05) is 12.8 Å². The Morgan fingerprint density at radius 3 is 2.62 bits per heavy atom. The predicted octanol–water partition coefficient (Wildman–Crippen LogP) is 3.11. The molecular weight excluding hydrogens is 264 g/mol. The maximum absolute atomic E-state index is 8.89. The van der Waals surface area contributed by atoms with E-state index in [1.54, 1.807) is 0 Å². The fourth-order valence-electron chi connectivity index (χ4n) is 2.87. The van der Waals surface area contributed by atoms with Crippen LogP contribution in [0.1, 0.15) is 43.0 Å². The summed E-state index contributed by atoms with van der Waals surface area (Å²) in [5.41, 5.74) is 2.09. The standard InChI is InChI=1S/C17H22N2O2/c20-12-10-14-5-7-17(8-6-14)21-13-15-9-11-19(18-15)16-3-1-2-4-16/h5-9,11,16,20H,1-4,10,12-13H2. The lowest BCUT2D eigenvalue weighted by molar-refractivity contribution is 0.295. The molecule has 1 fully saturated rings. The van der Waals surface area contributed by atoms with Crippen molar-refractivity contribution in [2.75, 3.05) is 6.61 Å². The van der Waals surface area contributed by atoms with E-state index in [-0.39, 0.29) is 6.61 Å². The van der Waals surface area contributed by atoms with Crippen molar-refractivity contribution in [3.63, 3.8) is 0 Å². The normalized spacial score (nSPS) is 15.5. The van der Waals surface area contributed by atoms with Gasteiger partial charge >= 0.3 is 0 Å². The topological polar surface area (TPSA) is 47.3 Å². The first-order valence-electron chi connectivity index (χ1n) is 7.72. The van der Waals surface area contributed by atoms with Gasteiger partial charge in [-0.15, -0.1) is 0 Å². The highest BCUT2D eigenvalue weighted by molar-refractivity contribution is 5.27. The van der Waals surface area contributed by atoms with Gasteiger partial charge in [-0.2, -0.15) is 5.10 Å². The number of hydrogen-bond donors (Lipinski definition) is 1. The summed E-state index contributed by atoms with van der Waals surface area (Å²) in [6.45, 7) is 0.678. The van der Waals surface area contributed by atoms with Gasteiger partial charge in [0.1, 0.15) is 12.4 Å². The van der Waals surface area contributed by atoms with Gasteiger partial charge in [0.2, 0.25) is 0 Å². The first-order chi connectivity index (χ1) is 10.3. The first kappa shape index (κ1) is 14.1. The molecule has 1 aliphatic carbocycles. The quantitative estimate of drug-likeness (QED) is 0.887. The zero-order valence-corrected chi connectivity index (χ0v) is 12.2. The molecule has 3 rings (SSSR count). The molecule has 0 bridgehead atoms. The Morgan fingerprint density at radius 2 is 1.90 bits per heavy atom. The van der Waals surface area contributed by atoms with Crippen molar-refractivity contribution in [1.29, 1.82) is 0 Å². The van der Waals surface area contributed by atoms with Crippen LogP contribution < -0.4 is 4.74 Å². The highest BCUT2D eigenvalue weighted by atomic mass is 16.5. The molecule has 0 amide bonds. The molecule has 1 heterocycles. The number of aliphatic hydroxyl groups excluding tert-OH is 1. The van der Waals surface area contributed by atoms with E-state index in [0.29, 0.717) is 19.1 Å². The summed E-state index contributed by atoms with van der Waals surface area (Å²) in [6.07, 6.45) is 7.88. The van der Waals surface area contributed by atoms with Crippen molar-refractivity contribution in [3.8, 4) is 5.75 Å². The van der Waals surface area contributed by atoms with Crippen LogP contribution in [0.25, 0.3) is 0 Å². The second-order valence-corrected chi connectivity index (χ2v) is 5.63. The summed E-state index contributed by atoms with van der Waals surface area (Å²) in [6, 6.07) is 10.5. The minimum Gasteiger partial charge on any atom is -0.487 e. The molecule has 0 aliphatic heterocycles. The summed E-state index contributed by atoms with van der Waals surface area (Å²) in [4.78, 5) is 0. The van der Waals surface area contributed by atoms with Gasteiger partial charge in [-0.3, -0.25) is 4.68 Å². The lowest BCUT2D eigenvalue weighted by atomic mass is 10.1. The number of hydrogen-bond acceptors (Lipinski definition) is 3. The number of benzene rings is 1. The average molecular weight is 286 g/mol. The fourth-order valence-corrected chi connectivity index (χ4v) is 2.87. The van der Waals surface area contributed by atoms with E-state index >= 15 is 0 Å². The lowest BCUT2D eigenvalue weighted by Crippen LogP contribution is -2.06. The third-order valence-corrected chi connectivity index (χ3v) is 4.07. The Balaban J connectivity index is 1.54. The molecule has 1 saturated carbocycles. The molecule has 21 heavy (non-hydrogen) atoms. The molecule has 0 unspecified atom stereocenters. The van der Waals surface area contributed by atoms with Crippen molar-refractivity contribution in [2.24, 2.45) is 0 Å². The number of aliphatic hydroxyl groups is 1. The van der Waals surface area contributed by atoms with Crippen molar-refractivity contribution >= 4 is 0 Å². The van der Waals surface area contributed by atoms with Crippen molar-refractivity contribution in [2.45, 2.75) is 44.8 Å². The van der Waals surface area contributed by atoms with Gasteiger partial charge in [0.25, 0.3) is 0 Å². The van der Waals surface area contributed by atoms with E-state index < -0.39 is 0 Å². The molecule has 0 atom stereocenters. The second kappa shape index (κ2) is 6.76. The summed E-state index contributed by atoms with van der Waals surface area (Å²) in [7, 11) is 0. The van der Waals surface area contributed by atoms with Gasteiger partial charge < -0.3 is 9.84 Å². The summed E-state index contributed by atoms with van der Waals surface area (Å²) >= 11 is 0. The Labute approximate surface area is 125 Å². The van der Waals surface area contributed by atoms with E-state index in [4.69, 9.17) is 9.84 Å². The molecule has 0 spiro atoms. The largest absolute Gasteiger partial charge is 0.487 e. The van der Waals surface area contributed by atoms with Crippen molar-refractivity contribution < 1.29 is 9.84 Å². The predicted molar refractivity (Wildman–Crippen MR) is 81.3 cm³/mol. The van der Waals surface area contributed by atoms with Crippen LogP contribution in [-0.4, -0.2) is 21.5 Å². The molecule has 2 aromatic rings. The van der Waals surface area contributed by atoms with Crippen molar-refractivity contribution in [3.05, 3.63) is 47.8 Å². The zero-order chi connectivity index (χ0) is 14.5. The van der Waals surface area contributed by atoms with Crippen LogP contribution in [-0.2, 0) is 13.0 Å². The maximum Gasteiger partial charge on any atom is 0.132 e. The molecule has 0 radical (unpaired) electrons. The van der Waals surface area contributed by atoms with Crippen LogP contribution in [0, 0.1) is 0 Å². The molecule has 1 aromatic heterocycles. The van der Waals surface area contributed by atoms with Crippen LogP contribution in [0.3, 0.4) is 0 Å². The number of ether oxygens (including phenoxy) is 1. The van der Waals surface area contributed by atoms with Gasteiger partial charge in [0.15, 0.2) is 0 Å². The average Bonchev–Trinajstić information content (AvgIpc) is 3.18. The number of rotatable bonds is 6. The third-order valence-electron chi connectivity index (χ3n) is 4.07. The van der Waals surface area contributed by atoms with Gasteiger partial charge in [-0.25, -0.2) is 0 Å². The number of aromatic nitrogens is 2. The van der Waals surface area contributed by atoms with Gasteiger partial charge in [0.05, 0.1) is 11.7 Å². The number of nitrogens with zero attached hydrogens (tertiary/aromatic N) is 2. The molecule has 0 saturated heterocycles. The maximum atomic E-state index is 8.89. The van der Waals surface area contributed by atoms with E-state index in [1.165, 1.54) is 25.7 Å². The van der Waals surface area contributed by atoms with E-state index in [9.17, 15) is 0 Å². The van der Waals surface area contributed by atoms with Crippen LogP contribution in [0.15, 0.2) is 36.5 Å². The monoisotopic (exact) mass is 286 g/mol. The van der Waals surface area contributed by atoms with Gasteiger partial charge in [-0.05, 0) is 43.0 Å². The molecule has 4 heteroatoms. The summed E-state index contributed by atoms with van der Waals surface area (Å²) in [5, 5.41) is 13.5. The van der Waals surface area contributed by atoms with E-state index in [2.05, 4.69) is 16.0 Å². The zero-order valence-electron chi connectivity index (χ0n) is 12.2. The molecule has 4 nitrogen and oxygen atoms in total. The highest BCUT2D eigenvalue weighted by Gasteiger charge is 2.17. The van der Waals surface area contributed by atoms with Gasteiger partial charge in [-0.1, -0.05) is 25.0 Å². The van der Waals surface area contributed by atoms with Crippen LogP contribution in [0.2, 0.25) is 0 Å². The Hall–Kier alpha value is -1.81. The molecule has 1 N–H and O–H groups in total. The van der Waals surface area contributed by atoms with E-state index in [1.807, 2.05) is 30.3 Å². The third kappa shape index (κ3) is 3.64. The smallest absolute Gasteiger partial charge is 0.132 e. The molecule has 1 aliphatic rings. The SMILES string of the molecule is OCCc1ccc(OCc2ccn(C3CCCC3)n2)cc1. The molecular formula is C17H22N2O2. The highest BCUT2D eigenvalue weighted by Crippen LogP contribution is 2.28. The van der Waals surface area contributed by atoms with Crippen LogP contribution in [0.5, 0.6) is 5.75 Å². The van der Waals surface area contributed by atoms with Crippen molar-refractivity contribution in [1.82, 2.24) is 9.78 Å². The molecule has 112 valence electrons. The Morgan fingerprint density at radius 1 is 1.14 bits per heavy atom. The Kier molecular flexibility index (Phi) is 4.55. The summed E-state index contributed by atoms with van der Waals surface area (Å²) in [5.74, 6) is 0.840. The lowest BCUT2D eigenvalue weighted by Gasteiger charge is -2.09. The molecule has 1 aromatic carbocycles. The second-order valence-electron chi connectivity index (χ2n) is 5.63. The minimum absolute atomic E-state index is 0.179. The van der Waals surface area contributed by atoms with Crippen LogP contribution in [0.4, 0.5) is 0 Å². The fraction of sp³-hybridized carbons (Fsp3) is 0.471. The Bertz CT molecular complexity index is 556. The summed E-state index contributed by atoms with van der Waals surface area (Å²) < 4.78 is 7.86. The first-order valence-corrected chi connectivity index (χ1v) is 7.72. The van der Waals surface area contributed by atoms with E-state index in [0.717, 1.165) is 17.0 Å².